The van der Waals surface area contributed by atoms with Crippen molar-refractivity contribution in [3.63, 3.8) is 0 Å². The number of imidazole rings is 1. The minimum absolute atomic E-state index is 0.198. The first-order chi connectivity index (χ1) is 5.25. The zero-order valence-corrected chi connectivity index (χ0v) is 6.49. The lowest BCUT2D eigenvalue weighted by atomic mass is 10.2. The molecule has 0 aliphatic carbocycles. The van der Waals surface area contributed by atoms with Gasteiger partial charge in [0, 0.05) is 6.42 Å². The molecule has 0 atom stereocenters. The Morgan fingerprint density at radius 1 is 1.64 bits per heavy atom. The minimum atomic E-state index is -0.198. The summed E-state index contributed by atoms with van der Waals surface area (Å²) in [7, 11) is 0. The highest BCUT2D eigenvalue weighted by atomic mass is 16.5. The molecule has 62 valence electrons. The molecule has 0 unspecified atom stereocenters. The van der Waals surface area contributed by atoms with Gasteiger partial charge >= 0.3 is 0 Å². The fourth-order valence-electron chi connectivity index (χ4n) is 0.879. The molecule has 11 heavy (non-hydrogen) atoms. The Kier molecular flexibility index (Phi) is 2.36. The summed E-state index contributed by atoms with van der Waals surface area (Å²) in [6.45, 7) is 2.06. The van der Waals surface area contributed by atoms with Crippen LogP contribution in [0.25, 0.3) is 0 Å². The summed E-state index contributed by atoms with van der Waals surface area (Å²) >= 11 is 0. The van der Waals surface area contributed by atoms with Crippen molar-refractivity contribution in [3.8, 4) is 5.88 Å². The van der Waals surface area contributed by atoms with Crippen molar-refractivity contribution in [2.45, 2.75) is 26.2 Å². The van der Waals surface area contributed by atoms with Crippen LogP contribution in [-0.2, 0) is 6.42 Å². The van der Waals surface area contributed by atoms with E-state index in [4.69, 9.17) is 10.3 Å². The van der Waals surface area contributed by atoms with E-state index in [0.29, 0.717) is 12.2 Å². The summed E-state index contributed by atoms with van der Waals surface area (Å²) in [5.74, 6) is 0.320. The van der Waals surface area contributed by atoms with Crippen LogP contribution in [0.1, 0.15) is 25.6 Å². The van der Waals surface area contributed by atoms with Crippen molar-refractivity contribution >= 4 is 0 Å². The van der Waals surface area contributed by atoms with E-state index < -0.39 is 0 Å². The molecule has 0 fully saturated rings. The Bertz CT molecular complexity index is 232. The van der Waals surface area contributed by atoms with E-state index in [-0.39, 0.29) is 5.88 Å². The summed E-state index contributed by atoms with van der Waals surface area (Å²) < 4.78 is 0.718. The normalized spacial score (nSPS) is 10.3. The smallest absolute Gasteiger partial charge is 0.245 e. The summed E-state index contributed by atoms with van der Waals surface area (Å²) in [5.41, 5.74) is 0. The van der Waals surface area contributed by atoms with Crippen LogP contribution in [0.2, 0.25) is 0 Å². The molecule has 4 heteroatoms. The molecule has 2 N–H and O–H groups in total. The number of aromatic hydroxyl groups is 1. The number of aromatic nitrogens is 2. The van der Waals surface area contributed by atoms with Crippen molar-refractivity contribution in [2.75, 3.05) is 0 Å². The fourth-order valence-corrected chi connectivity index (χ4v) is 0.879. The second kappa shape index (κ2) is 3.27. The lowest BCUT2D eigenvalue weighted by Crippen LogP contribution is -1.98. The Balaban J connectivity index is 2.63. The maximum absolute atomic E-state index is 9.07. The number of unbranched alkanes of at least 4 members (excludes halogenated alkanes) is 1. The molecule has 1 heterocycles. The lowest BCUT2D eigenvalue weighted by Gasteiger charge is -1.97. The second-order valence-electron chi connectivity index (χ2n) is 2.45. The van der Waals surface area contributed by atoms with Crippen LogP contribution in [0.15, 0.2) is 6.20 Å². The molecule has 0 saturated heterocycles. The number of hydrogen-bond donors (Lipinski definition) is 2. The number of nitrogens with zero attached hydrogens (tertiary/aromatic N) is 2. The lowest BCUT2D eigenvalue weighted by molar-refractivity contribution is 0.146. The van der Waals surface area contributed by atoms with Crippen LogP contribution in [0.4, 0.5) is 0 Å². The third-order valence-corrected chi connectivity index (χ3v) is 1.54. The van der Waals surface area contributed by atoms with Crippen LogP contribution in [0.5, 0.6) is 5.88 Å². The fraction of sp³-hybridized carbons (Fsp3) is 0.571. The van der Waals surface area contributed by atoms with Gasteiger partial charge in [0.05, 0.1) is 6.20 Å². The van der Waals surface area contributed by atoms with Crippen LogP contribution >= 0.6 is 0 Å². The van der Waals surface area contributed by atoms with Crippen molar-refractivity contribution in [1.82, 2.24) is 9.71 Å². The van der Waals surface area contributed by atoms with E-state index in [9.17, 15) is 0 Å². The molecule has 1 aromatic rings. The van der Waals surface area contributed by atoms with Crippen LogP contribution in [-0.4, -0.2) is 20.0 Å². The van der Waals surface area contributed by atoms with Gasteiger partial charge in [-0.25, -0.2) is 4.98 Å². The molecular formula is C7H12N2O2. The average molecular weight is 156 g/mol. The average Bonchev–Trinajstić information content (AvgIpc) is 2.31. The van der Waals surface area contributed by atoms with Crippen LogP contribution in [0.3, 0.4) is 0 Å². The molecule has 0 aliphatic rings. The monoisotopic (exact) mass is 156 g/mol. The molecule has 1 aromatic heterocycles. The van der Waals surface area contributed by atoms with Crippen LogP contribution in [0, 0.1) is 0 Å². The Morgan fingerprint density at radius 2 is 2.36 bits per heavy atom. The van der Waals surface area contributed by atoms with Gasteiger partial charge < -0.3 is 10.3 Å². The first-order valence-electron chi connectivity index (χ1n) is 3.70. The zero-order chi connectivity index (χ0) is 8.27. The van der Waals surface area contributed by atoms with Gasteiger partial charge in [0.15, 0.2) is 0 Å². The highest BCUT2D eigenvalue weighted by Crippen LogP contribution is 2.10. The Labute approximate surface area is 65.1 Å². The van der Waals surface area contributed by atoms with E-state index in [0.717, 1.165) is 17.6 Å². The molecule has 0 aromatic carbocycles. The molecule has 0 saturated carbocycles. The quantitative estimate of drug-likeness (QED) is 0.646. The number of aryl methyl sites for hydroxylation is 1. The van der Waals surface area contributed by atoms with Crippen LogP contribution < -0.4 is 0 Å². The van der Waals surface area contributed by atoms with E-state index in [1.807, 2.05) is 0 Å². The van der Waals surface area contributed by atoms with Gasteiger partial charge in [0.1, 0.15) is 5.82 Å². The predicted molar refractivity (Wildman–Crippen MR) is 39.7 cm³/mol. The Hall–Kier alpha value is -1.19. The molecule has 1 rings (SSSR count). The third-order valence-electron chi connectivity index (χ3n) is 1.54. The van der Waals surface area contributed by atoms with E-state index >= 15 is 0 Å². The maximum atomic E-state index is 9.07. The largest absolute Gasteiger partial charge is 0.491 e. The van der Waals surface area contributed by atoms with Gasteiger partial charge in [-0.1, -0.05) is 13.3 Å². The predicted octanol–water partition coefficient (Wildman–Crippen LogP) is 1.17. The first kappa shape index (κ1) is 7.91. The van der Waals surface area contributed by atoms with Gasteiger partial charge in [-0.15, -0.1) is 4.73 Å². The van der Waals surface area contributed by atoms with Crippen molar-refractivity contribution in [1.29, 1.82) is 0 Å². The SMILES string of the molecule is CCCCc1ncc(O)n1O. The van der Waals surface area contributed by atoms with Gasteiger partial charge in [-0.05, 0) is 6.42 Å². The number of rotatable bonds is 3. The zero-order valence-electron chi connectivity index (χ0n) is 6.49. The summed E-state index contributed by atoms with van der Waals surface area (Å²) in [6, 6.07) is 0. The van der Waals surface area contributed by atoms with Gasteiger partial charge in [-0.3, -0.25) is 0 Å². The molecule has 0 spiro atoms. The molecule has 0 radical (unpaired) electrons. The second-order valence-corrected chi connectivity index (χ2v) is 2.45. The van der Waals surface area contributed by atoms with Gasteiger partial charge in [0.2, 0.25) is 5.88 Å². The summed E-state index contributed by atoms with van der Waals surface area (Å²) in [6.07, 6.45) is 3.96. The van der Waals surface area contributed by atoms with E-state index in [1.54, 1.807) is 0 Å². The van der Waals surface area contributed by atoms with Gasteiger partial charge in [-0.2, -0.15) is 0 Å². The Morgan fingerprint density at radius 3 is 2.82 bits per heavy atom. The van der Waals surface area contributed by atoms with Crippen molar-refractivity contribution < 1.29 is 10.3 Å². The molecular weight excluding hydrogens is 144 g/mol. The highest BCUT2D eigenvalue weighted by molar-refractivity contribution is 5.06. The standard InChI is InChI=1S/C7H12N2O2/c1-2-3-4-6-8-5-7(10)9(6)11/h5,10-11H,2-4H2,1H3. The topological polar surface area (TPSA) is 58.3 Å². The van der Waals surface area contributed by atoms with E-state index in [1.165, 1.54) is 6.20 Å². The maximum Gasteiger partial charge on any atom is 0.245 e. The third kappa shape index (κ3) is 1.63. The molecule has 4 nitrogen and oxygen atoms in total. The minimum Gasteiger partial charge on any atom is -0.491 e. The first-order valence-corrected chi connectivity index (χ1v) is 3.70. The number of hydrogen-bond acceptors (Lipinski definition) is 3. The van der Waals surface area contributed by atoms with Crippen molar-refractivity contribution in [2.24, 2.45) is 0 Å². The van der Waals surface area contributed by atoms with Gasteiger partial charge in [0.25, 0.3) is 0 Å². The summed E-state index contributed by atoms with van der Waals surface area (Å²) in [5, 5.41) is 18.0. The summed E-state index contributed by atoms with van der Waals surface area (Å²) in [4.78, 5) is 3.82. The molecule has 0 aliphatic heterocycles. The molecule has 0 amide bonds. The molecule has 0 bridgehead atoms. The highest BCUT2D eigenvalue weighted by Gasteiger charge is 2.05. The van der Waals surface area contributed by atoms with E-state index in [2.05, 4.69) is 11.9 Å². The van der Waals surface area contributed by atoms with Crippen molar-refractivity contribution in [3.05, 3.63) is 12.0 Å².